The van der Waals surface area contributed by atoms with Gasteiger partial charge >= 0.3 is 0 Å². The van der Waals surface area contributed by atoms with Crippen LogP contribution in [0.25, 0.3) is 0 Å². The van der Waals surface area contributed by atoms with Crippen LogP contribution in [0.4, 0.5) is 5.69 Å². The maximum Gasteiger partial charge on any atom is 0.250 e. The number of hydrogen-bond acceptors (Lipinski definition) is 3. The van der Waals surface area contributed by atoms with Gasteiger partial charge in [0.15, 0.2) is 0 Å². The van der Waals surface area contributed by atoms with Gasteiger partial charge in [-0.25, -0.2) is 0 Å². The highest BCUT2D eigenvalue weighted by molar-refractivity contribution is 6.34. The van der Waals surface area contributed by atoms with Crippen LogP contribution >= 0.6 is 11.6 Å². The maximum atomic E-state index is 11.7. The lowest BCUT2D eigenvalue weighted by atomic mass is 10.1. The molecule has 2 amide bonds. The smallest absolute Gasteiger partial charge is 0.250 e. The molecule has 5 N–H and O–H groups in total. The van der Waals surface area contributed by atoms with Gasteiger partial charge in [-0.2, -0.15) is 0 Å². The van der Waals surface area contributed by atoms with Crippen LogP contribution < -0.4 is 16.8 Å². The van der Waals surface area contributed by atoms with Gasteiger partial charge in [-0.1, -0.05) is 24.9 Å². The molecule has 0 bridgehead atoms. The Kier molecular flexibility index (Phi) is 5.12. The Morgan fingerprint density at radius 2 is 2.11 bits per heavy atom. The molecule has 0 fully saturated rings. The lowest BCUT2D eigenvalue weighted by molar-refractivity contribution is -0.117. The molecule has 5 nitrogen and oxygen atoms in total. The van der Waals surface area contributed by atoms with E-state index in [0.29, 0.717) is 12.1 Å². The second kappa shape index (κ2) is 6.37. The summed E-state index contributed by atoms with van der Waals surface area (Å²) < 4.78 is 0. The minimum absolute atomic E-state index is 0.198. The molecule has 6 heteroatoms. The van der Waals surface area contributed by atoms with E-state index in [1.807, 2.05) is 6.92 Å². The summed E-state index contributed by atoms with van der Waals surface area (Å²) in [6.07, 6.45) is 1.44. The highest BCUT2D eigenvalue weighted by Crippen LogP contribution is 2.20. The molecule has 0 saturated carbocycles. The van der Waals surface area contributed by atoms with Gasteiger partial charge in [-0.05, 0) is 24.6 Å². The second-order valence-corrected chi connectivity index (χ2v) is 4.35. The lowest BCUT2D eigenvalue weighted by Crippen LogP contribution is -2.35. The predicted octanol–water partition coefficient (Wildman–Crippen LogP) is 1.50. The first kappa shape index (κ1) is 14.5. The average Bonchev–Trinajstić information content (AvgIpc) is 2.28. The van der Waals surface area contributed by atoms with Crippen molar-refractivity contribution in [3.63, 3.8) is 0 Å². The van der Waals surface area contributed by atoms with Crippen molar-refractivity contribution >= 4 is 29.1 Å². The number of amides is 2. The first-order valence-corrected chi connectivity index (χ1v) is 5.99. The highest BCUT2D eigenvalue weighted by atomic mass is 35.5. The van der Waals surface area contributed by atoms with E-state index in [1.54, 1.807) is 6.07 Å². The molecule has 0 spiro atoms. The quantitative estimate of drug-likeness (QED) is 0.755. The van der Waals surface area contributed by atoms with Crippen LogP contribution in [0, 0.1) is 0 Å². The van der Waals surface area contributed by atoms with E-state index in [4.69, 9.17) is 23.1 Å². The zero-order valence-electron chi connectivity index (χ0n) is 10.1. The molecule has 1 atom stereocenters. The Labute approximate surface area is 110 Å². The normalized spacial score (nSPS) is 11.9. The molecule has 1 aromatic carbocycles. The largest absolute Gasteiger partial charge is 0.366 e. The van der Waals surface area contributed by atoms with Gasteiger partial charge in [0.1, 0.15) is 0 Å². The molecule has 0 heterocycles. The molecule has 1 aromatic rings. The van der Waals surface area contributed by atoms with Crippen molar-refractivity contribution in [2.45, 2.75) is 25.8 Å². The Balaban J connectivity index is 2.77. The van der Waals surface area contributed by atoms with E-state index in [0.717, 1.165) is 6.42 Å². The molecule has 0 aromatic heterocycles. The molecule has 0 aliphatic heterocycles. The molecular weight excluding hydrogens is 254 g/mol. The van der Waals surface area contributed by atoms with Gasteiger partial charge in [0, 0.05) is 5.69 Å². The molecule has 0 unspecified atom stereocenters. The number of rotatable bonds is 5. The van der Waals surface area contributed by atoms with Crippen molar-refractivity contribution in [3.05, 3.63) is 28.8 Å². The number of nitrogens with two attached hydrogens (primary N) is 2. The van der Waals surface area contributed by atoms with Gasteiger partial charge in [0.05, 0.1) is 16.6 Å². The number of primary amides is 1. The van der Waals surface area contributed by atoms with Crippen LogP contribution in [-0.2, 0) is 4.79 Å². The monoisotopic (exact) mass is 269 g/mol. The molecule has 0 radical (unpaired) electrons. The third kappa shape index (κ3) is 3.72. The van der Waals surface area contributed by atoms with Crippen molar-refractivity contribution in [2.24, 2.45) is 11.5 Å². The Morgan fingerprint density at radius 3 is 2.61 bits per heavy atom. The van der Waals surface area contributed by atoms with E-state index in [1.165, 1.54) is 12.1 Å². The molecule has 18 heavy (non-hydrogen) atoms. The standard InChI is InChI=1S/C12H16ClN3O2/c1-2-3-10(14)12(18)16-7-4-5-8(11(15)17)9(13)6-7/h4-6,10H,2-3,14H2,1H3,(H2,15,17)(H,16,18)/t10-/m0/s1. The topological polar surface area (TPSA) is 98.2 Å². The summed E-state index contributed by atoms with van der Waals surface area (Å²) in [6, 6.07) is 3.94. The van der Waals surface area contributed by atoms with E-state index in [2.05, 4.69) is 5.32 Å². The van der Waals surface area contributed by atoms with Crippen LogP contribution in [0.5, 0.6) is 0 Å². The molecular formula is C12H16ClN3O2. The van der Waals surface area contributed by atoms with E-state index in [-0.39, 0.29) is 16.5 Å². The molecule has 1 rings (SSSR count). The summed E-state index contributed by atoms with van der Waals surface area (Å²) in [4.78, 5) is 22.6. The van der Waals surface area contributed by atoms with Gasteiger partial charge in [0.2, 0.25) is 11.8 Å². The number of anilines is 1. The summed E-state index contributed by atoms with van der Waals surface area (Å²) in [7, 11) is 0. The van der Waals surface area contributed by atoms with Crippen molar-refractivity contribution in [2.75, 3.05) is 5.32 Å². The van der Waals surface area contributed by atoms with E-state index < -0.39 is 11.9 Å². The number of benzene rings is 1. The predicted molar refractivity (Wildman–Crippen MR) is 71.5 cm³/mol. The van der Waals surface area contributed by atoms with E-state index in [9.17, 15) is 9.59 Å². The molecule has 0 aliphatic carbocycles. The summed E-state index contributed by atoms with van der Waals surface area (Å²) in [5.41, 5.74) is 11.5. The zero-order valence-corrected chi connectivity index (χ0v) is 10.8. The van der Waals surface area contributed by atoms with E-state index >= 15 is 0 Å². The van der Waals surface area contributed by atoms with Crippen molar-refractivity contribution in [1.29, 1.82) is 0 Å². The molecule has 0 aliphatic rings. The van der Waals surface area contributed by atoms with Gasteiger partial charge in [0.25, 0.3) is 0 Å². The lowest BCUT2D eigenvalue weighted by Gasteiger charge is -2.11. The van der Waals surface area contributed by atoms with Crippen LogP contribution in [-0.4, -0.2) is 17.9 Å². The third-order valence-electron chi connectivity index (χ3n) is 2.44. The minimum atomic E-state index is -0.611. The maximum absolute atomic E-state index is 11.7. The fourth-order valence-corrected chi connectivity index (χ4v) is 1.74. The van der Waals surface area contributed by atoms with Crippen molar-refractivity contribution < 1.29 is 9.59 Å². The SMILES string of the molecule is CCC[C@H](N)C(=O)Nc1ccc(C(N)=O)c(Cl)c1. The number of hydrogen-bond donors (Lipinski definition) is 3. The number of halogens is 1. The van der Waals surface area contributed by atoms with Crippen molar-refractivity contribution in [3.8, 4) is 0 Å². The van der Waals surface area contributed by atoms with Gasteiger partial charge in [-0.15, -0.1) is 0 Å². The summed E-state index contributed by atoms with van der Waals surface area (Å²) in [6.45, 7) is 1.95. The Hall–Kier alpha value is -1.59. The van der Waals surface area contributed by atoms with Gasteiger partial charge in [-0.3, -0.25) is 9.59 Å². The van der Waals surface area contributed by atoms with Crippen LogP contribution in [0.2, 0.25) is 5.02 Å². The third-order valence-corrected chi connectivity index (χ3v) is 2.75. The first-order valence-electron chi connectivity index (χ1n) is 5.61. The summed E-state index contributed by atoms with van der Waals surface area (Å²) >= 11 is 5.87. The van der Waals surface area contributed by atoms with Crippen molar-refractivity contribution in [1.82, 2.24) is 0 Å². The molecule has 98 valence electrons. The minimum Gasteiger partial charge on any atom is -0.366 e. The fraction of sp³-hybridized carbons (Fsp3) is 0.333. The highest BCUT2D eigenvalue weighted by Gasteiger charge is 2.13. The number of carbonyl (C=O) groups excluding carboxylic acids is 2. The Bertz CT molecular complexity index is 463. The first-order chi connectivity index (χ1) is 8.45. The Morgan fingerprint density at radius 1 is 1.44 bits per heavy atom. The van der Waals surface area contributed by atoms with Crippen LogP contribution in [0.3, 0.4) is 0 Å². The zero-order chi connectivity index (χ0) is 13.7. The summed E-state index contributed by atoms with van der Waals surface area (Å²) in [5, 5.41) is 2.83. The number of carbonyl (C=O) groups is 2. The fourth-order valence-electron chi connectivity index (χ4n) is 1.47. The van der Waals surface area contributed by atoms with Gasteiger partial charge < -0.3 is 16.8 Å². The van der Waals surface area contributed by atoms with Crippen LogP contribution in [0.1, 0.15) is 30.1 Å². The number of nitrogens with one attached hydrogen (secondary N) is 1. The van der Waals surface area contributed by atoms with Crippen LogP contribution in [0.15, 0.2) is 18.2 Å². The average molecular weight is 270 g/mol. The summed E-state index contributed by atoms with van der Waals surface area (Å²) in [5.74, 6) is -0.889. The molecule has 0 saturated heterocycles. The second-order valence-electron chi connectivity index (χ2n) is 3.94.